The number of anilines is 1. The first-order valence-electron chi connectivity index (χ1n) is 6.22. The number of alkyl halides is 1. The number of nitrogens with zero attached hydrogens (tertiary/aromatic N) is 3. The van der Waals surface area contributed by atoms with Crippen LogP contribution in [0, 0.1) is 11.3 Å². The van der Waals surface area contributed by atoms with Gasteiger partial charge in [0.25, 0.3) is 0 Å². The molecule has 7 nitrogen and oxygen atoms in total. The number of hydrogen-bond acceptors (Lipinski definition) is 6. The molecule has 1 N–H and O–H groups in total. The van der Waals surface area contributed by atoms with Crippen LogP contribution in [-0.2, 0) is 19.9 Å². The molecule has 1 atom stereocenters. The third-order valence-corrected chi connectivity index (χ3v) is 3.62. The summed E-state index contributed by atoms with van der Waals surface area (Å²) < 4.78 is 6.31. The molecule has 1 aromatic rings. The van der Waals surface area contributed by atoms with Crippen molar-refractivity contribution in [3.8, 4) is 6.07 Å². The lowest BCUT2D eigenvalue weighted by Gasteiger charge is -2.35. The Hall–Kier alpha value is -2.33. The molecule has 1 aromatic heterocycles. The van der Waals surface area contributed by atoms with Gasteiger partial charge in [-0.2, -0.15) is 10.4 Å². The lowest BCUT2D eigenvalue weighted by atomic mass is 9.88. The van der Waals surface area contributed by atoms with Gasteiger partial charge in [0.1, 0.15) is 17.5 Å². The Morgan fingerprint density at radius 2 is 2.33 bits per heavy atom. The Morgan fingerprint density at radius 1 is 1.62 bits per heavy atom. The highest BCUT2D eigenvalue weighted by atomic mass is 35.5. The maximum absolute atomic E-state index is 12.5. The van der Waals surface area contributed by atoms with Crippen molar-refractivity contribution in [1.29, 1.82) is 5.26 Å². The van der Waals surface area contributed by atoms with Crippen LogP contribution in [0.3, 0.4) is 0 Å². The molecule has 0 saturated heterocycles. The SMILES string of the molecule is CCOC(=O)C1(CCl)C(C(C)=O)=CNc2c(C#N)cnn21. The third-order valence-electron chi connectivity index (χ3n) is 3.24. The molecule has 0 aliphatic carbocycles. The molecule has 0 saturated carbocycles. The van der Waals surface area contributed by atoms with Gasteiger partial charge in [-0.1, -0.05) is 0 Å². The van der Waals surface area contributed by atoms with Crippen molar-refractivity contribution in [1.82, 2.24) is 9.78 Å². The van der Waals surface area contributed by atoms with Crippen molar-refractivity contribution in [2.45, 2.75) is 19.4 Å². The summed E-state index contributed by atoms with van der Waals surface area (Å²) in [7, 11) is 0. The van der Waals surface area contributed by atoms with Crippen LogP contribution in [-0.4, -0.2) is 34.0 Å². The van der Waals surface area contributed by atoms with Crippen LogP contribution >= 0.6 is 11.6 Å². The normalized spacial score (nSPS) is 19.8. The van der Waals surface area contributed by atoms with E-state index >= 15 is 0 Å². The van der Waals surface area contributed by atoms with E-state index in [9.17, 15) is 9.59 Å². The fourth-order valence-corrected chi connectivity index (χ4v) is 2.62. The highest BCUT2D eigenvalue weighted by molar-refractivity contribution is 6.22. The van der Waals surface area contributed by atoms with Crippen molar-refractivity contribution in [2.75, 3.05) is 17.8 Å². The molecule has 1 aliphatic rings. The van der Waals surface area contributed by atoms with Crippen LogP contribution in [0.25, 0.3) is 0 Å². The summed E-state index contributed by atoms with van der Waals surface area (Å²) in [6, 6.07) is 1.96. The van der Waals surface area contributed by atoms with Crippen LogP contribution in [0.4, 0.5) is 5.82 Å². The number of halogens is 1. The highest BCUT2D eigenvalue weighted by Gasteiger charge is 2.51. The maximum atomic E-state index is 12.5. The molecule has 2 heterocycles. The molecule has 1 unspecified atom stereocenters. The van der Waals surface area contributed by atoms with E-state index in [1.54, 1.807) is 6.92 Å². The molecule has 2 rings (SSSR count). The van der Waals surface area contributed by atoms with Crippen LogP contribution in [0.5, 0.6) is 0 Å². The second-order valence-corrected chi connectivity index (χ2v) is 4.67. The first-order valence-corrected chi connectivity index (χ1v) is 6.76. The number of ketones is 1. The fraction of sp³-hybridized carbons (Fsp3) is 0.385. The Bertz CT molecular complexity index is 673. The zero-order valence-corrected chi connectivity index (χ0v) is 12.3. The second kappa shape index (κ2) is 5.58. The fourth-order valence-electron chi connectivity index (χ4n) is 2.26. The number of rotatable bonds is 4. The summed E-state index contributed by atoms with van der Waals surface area (Å²) in [5.41, 5.74) is -1.19. The summed E-state index contributed by atoms with van der Waals surface area (Å²) >= 11 is 6.02. The zero-order valence-electron chi connectivity index (χ0n) is 11.5. The van der Waals surface area contributed by atoms with E-state index in [2.05, 4.69) is 10.4 Å². The molecule has 0 bridgehead atoms. The number of hydrogen-bond donors (Lipinski definition) is 1. The first-order chi connectivity index (χ1) is 10.0. The average Bonchev–Trinajstić information content (AvgIpc) is 2.89. The number of ether oxygens (including phenoxy) is 1. The summed E-state index contributed by atoms with van der Waals surface area (Å²) in [5, 5.41) is 15.9. The monoisotopic (exact) mass is 308 g/mol. The maximum Gasteiger partial charge on any atom is 0.340 e. The summed E-state index contributed by atoms with van der Waals surface area (Å²) in [5.74, 6) is -0.956. The van der Waals surface area contributed by atoms with Gasteiger partial charge in [-0.25, -0.2) is 9.48 Å². The molecule has 0 aromatic carbocycles. The minimum Gasteiger partial charge on any atom is -0.464 e. The molecule has 0 spiro atoms. The van der Waals surface area contributed by atoms with Crippen LogP contribution in [0.2, 0.25) is 0 Å². The minimum atomic E-state index is -1.57. The Kier molecular flexibility index (Phi) is 4.00. The molecular formula is C13H13ClN4O3. The van der Waals surface area contributed by atoms with Crippen LogP contribution in [0.1, 0.15) is 19.4 Å². The van der Waals surface area contributed by atoms with Gasteiger partial charge in [0, 0.05) is 6.20 Å². The van der Waals surface area contributed by atoms with Crippen LogP contribution in [0.15, 0.2) is 18.0 Å². The highest BCUT2D eigenvalue weighted by Crippen LogP contribution is 2.37. The molecule has 21 heavy (non-hydrogen) atoms. The van der Waals surface area contributed by atoms with Crippen molar-refractivity contribution in [3.63, 3.8) is 0 Å². The molecule has 0 fully saturated rings. The minimum absolute atomic E-state index is 0.135. The number of aromatic nitrogens is 2. The van der Waals surface area contributed by atoms with E-state index in [1.807, 2.05) is 6.07 Å². The van der Waals surface area contributed by atoms with Gasteiger partial charge in [-0.3, -0.25) is 4.79 Å². The largest absolute Gasteiger partial charge is 0.464 e. The van der Waals surface area contributed by atoms with Crippen LogP contribution < -0.4 is 5.32 Å². The predicted octanol–water partition coefficient (Wildman–Crippen LogP) is 1.15. The van der Waals surface area contributed by atoms with Gasteiger partial charge < -0.3 is 10.1 Å². The van der Waals surface area contributed by atoms with Crippen molar-refractivity contribution in [3.05, 3.63) is 23.5 Å². The van der Waals surface area contributed by atoms with Gasteiger partial charge >= 0.3 is 5.97 Å². The lowest BCUT2D eigenvalue weighted by Crippen LogP contribution is -2.51. The number of esters is 1. The molecular weight excluding hydrogens is 296 g/mol. The lowest BCUT2D eigenvalue weighted by molar-refractivity contribution is -0.152. The topological polar surface area (TPSA) is 97.0 Å². The van der Waals surface area contributed by atoms with Crippen molar-refractivity contribution >= 4 is 29.2 Å². The zero-order chi connectivity index (χ0) is 15.6. The van der Waals surface area contributed by atoms with E-state index in [1.165, 1.54) is 24.0 Å². The molecule has 0 radical (unpaired) electrons. The molecule has 0 amide bonds. The van der Waals surface area contributed by atoms with E-state index in [0.29, 0.717) is 5.82 Å². The standard InChI is InChI=1S/C13H13ClN4O3/c1-3-21-12(20)13(7-14)10(8(2)19)6-16-11-9(4-15)5-17-18(11)13/h5-6,16H,3,7H2,1-2H3. The Labute approximate surface area is 126 Å². The van der Waals surface area contributed by atoms with E-state index < -0.39 is 11.5 Å². The van der Waals surface area contributed by atoms with Gasteiger partial charge in [0.15, 0.2) is 5.78 Å². The van der Waals surface area contributed by atoms with Gasteiger partial charge in [-0.05, 0) is 13.8 Å². The smallest absolute Gasteiger partial charge is 0.340 e. The number of nitrogens with one attached hydrogen (secondary N) is 1. The Morgan fingerprint density at radius 3 is 2.86 bits per heavy atom. The third kappa shape index (κ3) is 2.08. The number of carbonyl (C=O) groups is 2. The molecule has 110 valence electrons. The summed E-state index contributed by atoms with van der Waals surface area (Å²) in [6.45, 7) is 3.12. The number of Topliss-reactive ketones (excluding diaryl/α,β-unsaturated/α-hetero) is 1. The summed E-state index contributed by atoms with van der Waals surface area (Å²) in [6.07, 6.45) is 2.68. The van der Waals surface area contributed by atoms with E-state index in [0.717, 1.165) is 0 Å². The first kappa shape index (κ1) is 15.1. The van der Waals surface area contributed by atoms with Crippen molar-refractivity contribution < 1.29 is 14.3 Å². The number of carbonyl (C=O) groups excluding carboxylic acids is 2. The quantitative estimate of drug-likeness (QED) is 0.662. The molecule has 1 aliphatic heterocycles. The second-order valence-electron chi connectivity index (χ2n) is 4.40. The summed E-state index contributed by atoms with van der Waals surface area (Å²) in [4.78, 5) is 24.3. The Balaban J connectivity index is 2.71. The van der Waals surface area contributed by atoms with E-state index in [4.69, 9.17) is 21.6 Å². The van der Waals surface area contributed by atoms with E-state index in [-0.39, 0.29) is 29.4 Å². The van der Waals surface area contributed by atoms with Gasteiger partial charge in [0.2, 0.25) is 5.54 Å². The number of fused-ring (bicyclic) bond motifs is 1. The van der Waals surface area contributed by atoms with Gasteiger partial charge in [-0.15, -0.1) is 11.6 Å². The molecule has 8 heteroatoms. The predicted molar refractivity (Wildman–Crippen MR) is 74.7 cm³/mol. The number of nitriles is 1. The average molecular weight is 309 g/mol. The van der Waals surface area contributed by atoms with Gasteiger partial charge in [0.05, 0.1) is 24.3 Å². The van der Waals surface area contributed by atoms with Crippen molar-refractivity contribution in [2.24, 2.45) is 0 Å².